The average molecular weight is 235 g/mol. The van der Waals surface area contributed by atoms with Crippen LogP contribution >= 0.6 is 0 Å². The molecule has 0 aliphatic heterocycles. The molecule has 0 bridgehead atoms. The van der Waals surface area contributed by atoms with E-state index < -0.39 is 0 Å². The van der Waals surface area contributed by atoms with Gasteiger partial charge in [-0.25, -0.2) is 0 Å². The summed E-state index contributed by atoms with van der Waals surface area (Å²) in [7, 11) is 0. The molecule has 1 unspecified atom stereocenters. The van der Waals surface area contributed by atoms with Crippen molar-refractivity contribution in [2.45, 2.75) is 32.2 Å². The minimum atomic E-state index is 0.146. The van der Waals surface area contributed by atoms with Crippen LogP contribution in [0.5, 0.6) is 5.75 Å². The number of aliphatic hydroxyl groups is 1. The molecule has 17 heavy (non-hydrogen) atoms. The normalized spacial score (nSPS) is 18.9. The van der Waals surface area contributed by atoms with Crippen molar-refractivity contribution in [1.82, 2.24) is 5.32 Å². The molecule has 1 saturated carbocycles. The molecule has 1 aliphatic rings. The highest BCUT2D eigenvalue weighted by Gasteiger charge is 2.41. The summed E-state index contributed by atoms with van der Waals surface area (Å²) in [5.41, 5.74) is 1.25. The van der Waals surface area contributed by atoms with E-state index in [1.165, 1.54) is 12.8 Å². The Balaban J connectivity index is 1.90. The maximum atomic E-state index is 9.75. The lowest BCUT2D eigenvalue weighted by molar-refractivity contribution is 0.242. The number of aromatic hydroxyl groups is 1. The van der Waals surface area contributed by atoms with E-state index in [1.54, 1.807) is 6.07 Å². The molecule has 1 fully saturated rings. The molecule has 2 rings (SSSR count). The molecule has 3 nitrogen and oxygen atoms in total. The molecule has 0 radical (unpaired) electrons. The van der Waals surface area contributed by atoms with E-state index in [1.807, 2.05) is 18.2 Å². The first-order chi connectivity index (χ1) is 8.17. The Bertz CT molecular complexity index is 374. The van der Waals surface area contributed by atoms with E-state index in [2.05, 4.69) is 12.2 Å². The first kappa shape index (κ1) is 12.4. The molecule has 3 N–H and O–H groups in total. The maximum Gasteiger partial charge on any atom is 0.120 e. The van der Waals surface area contributed by atoms with E-state index in [0.717, 1.165) is 18.5 Å². The molecule has 0 heterocycles. The zero-order chi connectivity index (χ0) is 12.3. The Labute approximate surface area is 102 Å². The van der Waals surface area contributed by atoms with E-state index in [9.17, 15) is 5.11 Å². The second-order valence-electron chi connectivity index (χ2n) is 5.14. The van der Waals surface area contributed by atoms with Gasteiger partial charge in [0.05, 0.1) is 0 Å². The van der Waals surface area contributed by atoms with Gasteiger partial charge in [-0.05, 0) is 37.7 Å². The molecular formula is C14H21NO2. The number of para-hydroxylation sites is 1. The Morgan fingerprint density at radius 1 is 1.35 bits per heavy atom. The highest BCUT2D eigenvalue weighted by atomic mass is 16.3. The highest BCUT2D eigenvalue weighted by Crippen LogP contribution is 2.48. The number of phenols is 1. The van der Waals surface area contributed by atoms with Gasteiger partial charge in [0.2, 0.25) is 0 Å². The standard InChI is InChI=1S/C14H21NO2/c1-11(12-4-2-3-5-13(12)17)15-10-14(6-7-14)8-9-16/h2-5,11,15-17H,6-10H2,1H3. The molecule has 1 aromatic carbocycles. The molecule has 1 atom stereocenters. The van der Waals surface area contributed by atoms with Gasteiger partial charge in [-0.3, -0.25) is 0 Å². The topological polar surface area (TPSA) is 52.5 Å². The Kier molecular flexibility index (Phi) is 3.69. The molecule has 94 valence electrons. The third-order valence-corrected chi connectivity index (χ3v) is 3.79. The van der Waals surface area contributed by atoms with Crippen molar-refractivity contribution in [2.24, 2.45) is 5.41 Å². The summed E-state index contributed by atoms with van der Waals surface area (Å²) in [4.78, 5) is 0. The fraction of sp³-hybridized carbons (Fsp3) is 0.571. The van der Waals surface area contributed by atoms with Gasteiger partial charge in [0, 0.05) is 24.8 Å². The van der Waals surface area contributed by atoms with Crippen LogP contribution in [-0.2, 0) is 0 Å². The monoisotopic (exact) mass is 235 g/mol. The van der Waals surface area contributed by atoms with Crippen molar-refractivity contribution >= 4 is 0 Å². The number of rotatable bonds is 6. The SMILES string of the molecule is CC(NCC1(CCO)CC1)c1ccccc1O. The van der Waals surface area contributed by atoms with Crippen molar-refractivity contribution in [3.8, 4) is 5.75 Å². The van der Waals surface area contributed by atoms with Gasteiger partial charge in [0.15, 0.2) is 0 Å². The minimum Gasteiger partial charge on any atom is -0.508 e. The third kappa shape index (κ3) is 2.99. The van der Waals surface area contributed by atoms with Crippen molar-refractivity contribution in [1.29, 1.82) is 0 Å². The lowest BCUT2D eigenvalue weighted by Gasteiger charge is -2.20. The van der Waals surface area contributed by atoms with Crippen LogP contribution in [-0.4, -0.2) is 23.4 Å². The van der Waals surface area contributed by atoms with Gasteiger partial charge in [-0.2, -0.15) is 0 Å². The van der Waals surface area contributed by atoms with Crippen molar-refractivity contribution in [3.63, 3.8) is 0 Å². The third-order valence-electron chi connectivity index (χ3n) is 3.79. The first-order valence-corrected chi connectivity index (χ1v) is 6.29. The fourth-order valence-electron chi connectivity index (χ4n) is 2.26. The summed E-state index contributed by atoms with van der Waals surface area (Å²) in [5, 5.41) is 22.2. The lowest BCUT2D eigenvalue weighted by Crippen LogP contribution is -2.27. The zero-order valence-electron chi connectivity index (χ0n) is 10.3. The van der Waals surface area contributed by atoms with Crippen molar-refractivity contribution in [2.75, 3.05) is 13.2 Å². The number of hydrogen-bond acceptors (Lipinski definition) is 3. The number of nitrogens with one attached hydrogen (secondary N) is 1. The summed E-state index contributed by atoms with van der Waals surface area (Å²) in [6, 6.07) is 7.58. The van der Waals surface area contributed by atoms with Gasteiger partial charge in [-0.15, -0.1) is 0 Å². The van der Waals surface area contributed by atoms with Gasteiger partial charge >= 0.3 is 0 Å². The Morgan fingerprint density at radius 2 is 2.06 bits per heavy atom. The minimum absolute atomic E-state index is 0.146. The molecule has 0 aromatic heterocycles. The average Bonchev–Trinajstić information content (AvgIpc) is 3.08. The predicted molar refractivity (Wildman–Crippen MR) is 67.9 cm³/mol. The molecule has 3 heteroatoms. The van der Waals surface area contributed by atoms with Crippen LogP contribution in [0.3, 0.4) is 0 Å². The Hall–Kier alpha value is -1.06. The van der Waals surface area contributed by atoms with Gasteiger partial charge in [0.1, 0.15) is 5.75 Å². The number of hydrogen-bond donors (Lipinski definition) is 3. The van der Waals surface area contributed by atoms with E-state index in [0.29, 0.717) is 11.2 Å². The quantitative estimate of drug-likeness (QED) is 0.708. The summed E-state index contributed by atoms with van der Waals surface area (Å²) in [5.74, 6) is 0.347. The van der Waals surface area contributed by atoms with Crippen LogP contribution in [0, 0.1) is 5.41 Å². The van der Waals surface area contributed by atoms with Crippen LogP contribution in [0.1, 0.15) is 37.8 Å². The van der Waals surface area contributed by atoms with Crippen LogP contribution in [0.25, 0.3) is 0 Å². The number of phenolic OH excluding ortho intramolecular Hbond substituents is 1. The second-order valence-corrected chi connectivity index (χ2v) is 5.14. The highest BCUT2D eigenvalue weighted by molar-refractivity contribution is 5.34. The predicted octanol–water partition coefficient (Wildman–Crippen LogP) is 2.21. The van der Waals surface area contributed by atoms with E-state index in [-0.39, 0.29) is 12.6 Å². The van der Waals surface area contributed by atoms with Crippen LogP contribution in [0.15, 0.2) is 24.3 Å². The first-order valence-electron chi connectivity index (χ1n) is 6.29. The molecule has 0 saturated heterocycles. The number of benzene rings is 1. The Morgan fingerprint density at radius 3 is 2.65 bits per heavy atom. The number of aliphatic hydroxyl groups excluding tert-OH is 1. The van der Waals surface area contributed by atoms with Crippen LogP contribution < -0.4 is 5.32 Å². The summed E-state index contributed by atoms with van der Waals surface area (Å²) >= 11 is 0. The van der Waals surface area contributed by atoms with Crippen molar-refractivity contribution in [3.05, 3.63) is 29.8 Å². The van der Waals surface area contributed by atoms with Crippen LogP contribution in [0.4, 0.5) is 0 Å². The fourth-order valence-corrected chi connectivity index (χ4v) is 2.26. The van der Waals surface area contributed by atoms with Gasteiger partial charge in [0.25, 0.3) is 0 Å². The summed E-state index contributed by atoms with van der Waals surface area (Å²) in [6.07, 6.45) is 3.29. The largest absolute Gasteiger partial charge is 0.508 e. The van der Waals surface area contributed by atoms with Gasteiger partial charge < -0.3 is 15.5 Å². The second kappa shape index (κ2) is 5.07. The molecule has 0 amide bonds. The molecule has 1 aliphatic carbocycles. The summed E-state index contributed by atoms with van der Waals surface area (Å²) < 4.78 is 0. The molecular weight excluding hydrogens is 214 g/mol. The lowest BCUT2D eigenvalue weighted by atomic mass is 10.0. The van der Waals surface area contributed by atoms with E-state index >= 15 is 0 Å². The maximum absolute atomic E-state index is 9.75. The van der Waals surface area contributed by atoms with Gasteiger partial charge in [-0.1, -0.05) is 18.2 Å². The van der Waals surface area contributed by atoms with Crippen LogP contribution in [0.2, 0.25) is 0 Å². The van der Waals surface area contributed by atoms with Crippen molar-refractivity contribution < 1.29 is 10.2 Å². The van der Waals surface area contributed by atoms with E-state index in [4.69, 9.17) is 5.11 Å². The smallest absolute Gasteiger partial charge is 0.120 e. The zero-order valence-corrected chi connectivity index (χ0v) is 10.3. The molecule has 1 aromatic rings. The summed E-state index contributed by atoms with van der Waals surface area (Å²) in [6.45, 7) is 3.25. The molecule has 0 spiro atoms.